The van der Waals surface area contributed by atoms with Crippen LogP contribution in [-0.4, -0.2) is 39.2 Å². The van der Waals surface area contributed by atoms with Crippen molar-refractivity contribution in [3.8, 4) is 0 Å². The van der Waals surface area contributed by atoms with Gasteiger partial charge in [0.1, 0.15) is 5.21 Å². The van der Waals surface area contributed by atoms with E-state index in [1.165, 1.54) is 0 Å². The van der Waals surface area contributed by atoms with Gasteiger partial charge in [0.2, 0.25) is 10.0 Å². The molecule has 1 aromatic carbocycles. The molecule has 1 N–H and O–H groups in total. The monoisotopic (exact) mass is 276 g/mol. The first-order chi connectivity index (χ1) is 7.94. The summed E-state index contributed by atoms with van der Waals surface area (Å²) in [6.07, 6.45) is 0. The number of nitrogens with one attached hydrogen (secondary N) is 1. The van der Waals surface area contributed by atoms with E-state index in [-0.39, 0.29) is 6.04 Å². The van der Waals surface area contributed by atoms with Gasteiger partial charge >= 0.3 is 0 Å². The van der Waals surface area contributed by atoms with Gasteiger partial charge in [-0.05, 0) is 19.7 Å². The molecule has 0 spiro atoms. The smallest absolute Gasteiger partial charge is 0.226 e. The molecule has 0 amide bonds. The minimum atomic E-state index is -3.42. The second-order valence-corrected chi connectivity index (χ2v) is 6.41. The molecule has 96 valence electrons. The van der Waals surface area contributed by atoms with Crippen molar-refractivity contribution in [2.24, 2.45) is 0 Å². The Morgan fingerprint density at radius 2 is 1.88 bits per heavy atom. The van der Waals surface area contributed by atoms with Crippen LogP contribution in [-0.2, 0) is 10.0 Å². The van der Waals surface area contributed by atoms with Crippen molar-refractivity contribution in [1.82, 2.24) is 9.62 Å². The maximum absolute atomic E-state index is 11.5. The molecule has 1 rings (SSSR count). The number of alkyl halides is 1. The normalized spacial score (nSPS) is 13.9. The molecule has 0 fully saturated rings. The topological polar surface area (TPSA) is 49.4 Å². The van der Waals surface area contributed by atoms with E-state index < -0.39 is 15.2 Å². The summed E-state index contributed by atoms with van der Waals surface area (Å²) in [6, 6.07) is 9.16. The summed E-state index contributed by atoms with van der Waals surface area (Å²) < 4.78 is 25.6. The molecule has 0 aliphatic rings. The first-order valence-corrected chi connectivity index (χ1v) is 7.39. The number of hydrogen-bond acceptors (Lipinski definition) is 3. The lowest BCUT2D eigenvalue weighted by Crippen LogP contribution is -2.35. The minimum Gasteiger partial charge on any atom is -0.307 e. The lowest BCUT2D eigenvalue weighted by Gasteiger charge is -2.22. The highest BCUT2D eigenvalue weighted by molar-refractivity contribution is 7.90. The highest BCUT2D eigenvalue weighted by Crippen LogP contribution is 2.14. The van der Waals surface area contributed by atoms with Crippen LogP contribution in [0.2, 0.25) is 0 Å². The summed E-state index contributed by atoms with van der Waals surface area (Å²) in [5.41, 5.74) is 0.926. The van der Waals surface area contributed by atoms with Crippen molar-refractivity contribution in [1.29, 1.82) is 0 Å². The van der Waals surface area contributed by atoms with Gasteiger partial charge in [-0.2, -0.15) is 0 Å². The number of rotatable bonds is 6. The summed E-state index contributed by atoms with van der Waals surface area (Å²) in [4.78, 5) is 1.93. The molecule has 17 heavy (non-hydrogen) atoms. The SMILES string of the molecule is CN(C)CC(NS(=O)(=O)CCl)c1ccccc1. The van der Waals surface area contributed by atoms with Gasteiger partial charge in [-0.1, -0.05) is 30.3 Å². The van der Waals surface area contributed by atoms with E-state index in [0.29, 0.717) is 6.54 Å². The molecule has 1 unspecified atom stereocenters. The van der Waals surface area contributed by atoms with Gasteiger partial charge in [-0.15, -0.1) is 11.6 Å². The molecular formula is C11H17ClN2O2S. The molecule has 0 heterocycles. The molecule has 0 aliphatic heterocycles. The molecule has 0 radical (unpaired) electrons. The zero-order valence-electron chi connectivity index (χ0n) is 9.93. The van der Waals surface area contributed by atoms with E-state index in [1.807, 2.05) is 49.3 Å². The molecule has 0 aromatic heterocycles. The van der Waals surface area contributed by atoms with Crippen LogP contribution in [0.15, 0.2) is 30.3 Å². The number of halogens is 1. The van der Waals surface area contributed by atoms with E-state index in [4.69, 9.17) is 11.6 Å². The highest BCUT2D eigenvalue weighted by atomic mass is 35.5. The predicted octanol–water partition coefficient (Wildman–Crippen LogP) is 1.40. The second kappa shape index (κ2) is 6.35. The van der Waals surface area contributed by atoms with Gasteiger partial charge in [0.05, 0.1) is 6.04 Å². The molecule has 0 saturated carbocycles. The van der Waals surface area contributed by atoms with E-state index >= 15 is 0 Å². The van der Waals surface area contributed by atoms with Gasteiger partial charge in [0, 0.05) is 6.54 Å². The van der Waals surface area contributed by atoms with Crippen molar-refractivity contribution in [3.05, 3.63) is 35.9 Å². The summed E-state index contributed by atoms with van der Waals surface area (Å²) >= 11 is 5.40. The molecule has 6 heteroatoms. The Hall–Kier alpha value is -0.620. The fourth-order valence-corrected chi connectivity index (χ4v) is 2.41. The van der Waals surface area contributed by atoms with Crippen LogP contribution in [0.5, 0.6) is 0 Å². The average molecular weight is 277 g/mol. The predicted molar refractivity (Wildman–Crippen MR) is 70.5 cm³/mol. The molecular weight excluding hydrogens is 260 g/mol. The maximum Gasteiger partial charge on any atom is 0.226 e. The summed E-state index contributed by atoms with van der Waals surface area (Å²) in [7, 11) is 0.364. The van der Waals surface area contributed by atoms with Crippen molar-refractivity contribution >= 4 is 21.6 Å². The number of benzene rings is 1. The van der Waals surface area contributed by atoms with E-state index in [1.54, 1.807) is 0 Å². The average Bonchev–Trinajstić information content (AvgIpc) is 2.28. The van der Waals surface area contributed by atoms with E-state index in [2.05, 4.69) is 4.72 Å². The summed E-state index contributed by atoms with van der Waals surface area (Å²) in [5, 5.41) is -0.427. The zero-order chi connectivity index (χ0) is 12.9. The standard InChI is InChI=1S/C11H17ClN2O2S/c1-14(2)8-11(13-17(15,16)9-12)10-6-4-3-5-7-10/h3-7,11,13H,8-9H2,1-2H3. The zero-order valence-corrected chi connectivity index (χ0v) is 11.5. The molecule has 1 aromatic rings. The fraction of sp³-hybridized carbons (Fsp3) is 0.455. The molecule has 4 nitrogen and oxygen atoms in total. The second-order valence-electron chi connectivity index (χ2n) is 4.07. The van der Waals surface area contributed by atoms with Gasteiger partial charge in [0.25, 0.3) is 0 Å². The molecule has 1 atom stereocenters. The van der Waals surface area contributed by atoms with E-state index in [0.717, 1.165) is 5.56 Å². The summed E-state index contributed by atoms with van der Waals surface area (Å²) in [5.74, 6) is 0. The van der Waals surface area contributed by atoms with Crippen LogP contribution in [0.25, 0.3) is 0 Å². The third-order valence-corrected chi connectivity index (χ3v) is 4.01. The Morgan fingerprint density at radius 1 is 1.29 bits per heavy atom. The first kappa shape index (κ1) is 14.4. The Labute approximate surface area is 108 Å². The van der Waals surface area contributed by atoms with Gasteiger partial charge in [0.15, 0.2) is 0 Å². The van der Waals surface area contributed by atoms with Crippen LogP contribution in [0.4, 0.5) is 0 Å². The van der Waals surface area contributed by atoms with Gasteiger partial charge < -0.3 is 4.90 Å². The first-order valence-electron chi connectivity index (χ1n) is 5.20. The Bertz CT molecular complexity index is 434. The van der Waals surface area contributed by atoms with Crippen LogP contribution in [0.1, 0.15) is 11.6 Å². The van der Waals surface area contributed by atoms with Crippen LogP contribution < -0.4 is 4.72 Å². The Morgan fingerprint density at radius 3 is 2.35 bits per heavy atom. The minimum absolute atomic E-state index is 0.282. The lowest BCUT2D eigenvalue weighted by molar-refractivity contribution is 0.363. The molecule has 0 saturated heterocycles. The lowest BCUT2D eigenvalue weighted by atomic mass is 10.1. The quantitative estimate of drug-likeness (QED) is 0.799. The number of nitrogens with zero attached hydrogens (tertiary/aromatic N) is 1. The van der Waals surface area contributed by atoms with Crippen LogP contribution >= 0.6 is 11.6 Å². The van der Waals surface area contributed by atoms with E-state index in [9.17, 15) is 8.42 Å². The van der Waals surface area contributed by atoms with Crippen molar-refractivity contribution in [2.45, 2.75) is 6.04 Å². The highest BCUT2D eigenvalue weighted by Gasteiger charge is 2.18. The number of hydrogen-bond donors (Lipinski definition) is 1. The third kappa shape index (κ3) is 5.04. The maximum atomic E-state index is 11.5. The third-order valence-electron chi connectivity index (χ3n) is 2.22. The number of likely N-dealkylation sites (N-methyl/N-ethyl adjacent to an activating group) is 1. The molecule has 0 bridgehead atoms. The largest absolute Gasteiger partial charge is 0.307 e. The molecule has 0 aliphatic carbocycles. The number of sulfonamides is 1. The van der Waals surface area contributed by atoms with Crippen LogP contribution in [0, 0.1) is 0 Å². The Balaban J connectivity index is 2.89. The van der Waals surface area contributed by atoms with Crippen LogP contribution in [0.3, 0.4) is 0 Å². The van der Waals surface area contributed by atoms with Gasteiger partial charge in [-0.25, -0.2) is 13.1 Å². The van der Waals surface area contributed by atoms with Crippen molar-refractivity contribution in [3.63, 3.8) is 0 Å². The van der Waals surface area contributed by atoms with Crippen molar-refractivity contribution < 1.29 is 8.42 Å². The fourth-order valence-electron chi connectivity index (χ4n) is 1.51. The van der Waals surface area contributed by atoms with Crippen molar-refractivity contribution in [2.75, 3.05) is 25.9 Å². The Kier molecular flexibility index (Phi) is 5.39. The summed E-state index contributed by atoms with van der Waals surface area (Å²) in [6.45, 7) is 0.583. The van der Waals surface area contributed by atoms with Gasteiger partial charge in [-0.3, -0.25) is 0 Å².